The zero-order valence-corrected chi connectivity index (χ0v) is 15.1. The molecule has 1 aromatic rings. The summed E-state index contributed by atoms with van der Waals surface area (Å²) in [5, 5.41) is 1.81. The lowest BCUT2D eigenvalue weighted by molar-refractivity contribution is -0.902. The number of hydrogen-bond acceptors (Lipinski definition) is 3. The Balaban J connectivity index is 1.70. The Morgan fingerprint density at radius 1 is 1.30 bits per heavy atom. The second kappa shape index (κ2) is 7.26. The molecule has 1 N–H and O–H groups in total. The molecular weight excluding hydrogens is 353 g/mol. The Hall–Kier alpha value is -1.01. The Bertz CT molecular complexity index is 682. The molecule has 2 aliphatic heterocycles. The first-order chi connectivity index (χ1) is 11.1. The molecule has 0 bridgehead atoms. The summed E-state index contributed by atoms with van der Waals surface area (Å²) in [6.07, 6.45) is 1.82. The van der Waals surface area contributed by atoms with Gasteiger partial charge in [0.2, 0.25) is 0 Å². The number of hydrogen-bond donors (Lipinski definition) is 1. The van der Waals surface area contributed by atoms with E-state index >= 15 is 0 Å². The van der Waals surface area contributed by atoms with Crippen molar-refractivity contribution in [2.45, 2.75) is 6.92 Å². The number of piperazine rings is 1. The van der Waals surface area contributed by atoms with Gasteiger partial charge >= 0.3 is 0 Å². The van der Waals surface area contributed by atoms with Crippen LogP contribution in [0.4, 0.5) is 0 Å². The molecular formula is C16H18Cl2N3OS+. The van der Waals surface area contributed by atoms with Crippen LogP contribution in [0.2, 0.25) is 10.0 Å². The maximum absolute atomic E-state index is 12.1. The van der Waals surface area contributed by atoms with Crippen molar-refractivity contribution in [2.75, 3.05) is 32.7 Å². The average Bonchev–Trinajstić information content (AvgIpc) is 2.92. The molecule has 23 heavy (non-hydrogen) atoms. The van der Waals surface area contributed by atoms with Gasteiger partial charge in [-0.3, -0.25) is 4.79 Å². The number of aliphatic imine (C=N–C) groups is 1. The van der Waals surface area contributed by atoms with Gasteiger partial charge in [-0.05, 0) is 42.5 Å². The van der Waals surface area contributed by atoms with E-state index < -0.39 is 0 Å². The lowest BCUT2D eigenvalue weighted by Crippen LogP contribution is -3.14. The molecule has 1 fully saturated rings. The fourth-order valence-corrected chi connectivity index (χ4v) is 3.93. The van der Waals surface area contributed by atoms with Crippen LogP contribution in [0.25, 0.3) is 6.08 Å². The highest BCUT2D eigenvalue weighted by Crippen LogP contribution is 2.31. The van der Waals surface area contributed by atoms with Gasteiger partial charge in [0, 0.05) is 0 Å². The number of benzene rings is 1. The number of carbonyl (C=O) groups excluding carboxylic acids is 1. The van der Waals surface area contributed by atoms with Crippen molar-refractivity contribution in [2.24, 2.45) is 4.99 Å². The van der Waals surface area contributed by atoms with Gasteiger partial charge in [0.15, 0.2) is 5.17 Å². The third-order valence-electron chi connectivity index (χ3n) is 4.09. The molecule has 0 spiro atoms. The Morgan fingerprint density at radius 3 is 2.70 bits per heavy atom. The number of thioether (sulfide) groups is 1. The van der Waals surface area contributed by atoms with Crippen molar-refractivity contribution in [3.05, 3.63) is 38.7 Å². The van der Waals surface area contributed by atoms with Gasteiger partial charge in [0.1, 0.15) is 0 Å². The van der Waals surface area contributed by atoms with E-state index in [2.05, 4.69) is 16.8 Å². The van der Waals surface area contributed by atoms with Crippen LogP contribution in [0, 0.1) is 0 Å². The smallest absolute Gasteiger partial charge is 0.286 e. The van der Waals surface area contributed by atoms with E-state index in [-0.39, 0.29) is 5.91 Å². The normalized spacial score (nSPS) is 21.2. The molecule has 0 atom stereocenters. The van der Waals surface area contributed by atoms with Crippen molar-refractivity contribution in [3.63, 3.8) is 0 Å². The van der Waals surface area contributed by atoms with Gasteiger partial charge in [-0.15, -0.1) is 0 Å². The summed E-state index contributed by atoms with van der Waals surface area (Å²) >= 11 is 13.4. The first-order valence-corrected chi connectivity index (χ1v) is 9.20. The minimum atomic E-state index is -0.179. The van der Waals surface area contributed by atoms with Gasteiger partial charge in [0.05, 0.1) is 47.7 Å². The molecule has 0 unspecified atom stereocenters. The second-order valence-corrected chi connectivity index (χ2v) is 7.40. The molecule has 1 amide bonds. The summed E-state index contributed by atoms with van der Waals surface area (Å²) in [7, 11) is 0. The van der Waals surface area contributed by atoms with E-state index in [1.165, 1.54) is 11.8 Å². The highest BCUT2D eigenvalue weighted by Gasteiger charge is 2.29. The molecule has 1 aromatic carbocycles. The van der Waals surface area contributed by atoms with Crippen molar-refractivity contribution in [1.29, 1.82) is 0 Å². The van der Waals surface area contributed by atoms with Gasteiger partial charge in [0.25, 0.3) is 5.91 Å². The van der Waals surface area contributed by atoms with Crippen LogP contribution in [0.15, 0.2) is 28.1 Å². The third kappa shape index (κ3) is 3.91. The Labute approximate surface area is 150 Å². The SMILES string of the molecule is CC[NH+]1CCN(C2=NC(=O)/C(=C/c3ccc(Cl)c(Cl)c3)S2)CC1. The Morgan fingerprint density at radius 2 is 2.04 bits per heavy atom. The summed E-state index contributed by atoms with van der Waals surface area (Å²) in [6.45, 7) is 7.43. The number of carbonyl (C=O) groups is 1. The van der Waals surface area contributed by atoms with Crippen LogP contribution >= 0.6 is 35.0 Å². The van der Waals surface area contributed by atoms with Gasteiger partial charge in [-0.2, -0.15) is 4.99 Å². The highest BCUT2D eigenvalue weighted by molar-refractivity contribution is 8.18. The molecule has 3 rings (SSSR count). The van der Waals surface area contributed by atoms with Gasteiger partial charge < -0.3 is 9.80 Å². The standard InChI is InChI=1S/C16H17Cl2N3OS/c1-2-20-5-7-21(8-6-20)16-19-15(22)14(23-16)10-11-3-4-12(17)13(18)9-11/h3-4,9-10H,2,5-8H2,1H3/p+1/b14-10-. The zero-order valence-electron chi connectivity index (χ0n) is 12.8. The van der Waals surface area contributed by atoms with E-state index in [4.69, 9.17) is 23.2 Å². The summed E-state index contributed by atoms with van der Waals surface area (Å²) in [4.78, 5) is 20.8. The molecule has 2 heterocycles. The quantitative estimate of drug-likeness (QED) is 0.810. The van der Waals surface area contributed by atoms with E-state index in [9.17, 15) is 4.79 Å². The van der Waals surface area contributed by atoms with E-state index in [0.29, 0.717) is 15.0 Å². The molecule has 2 aliphatic rings. The fraction of sp³-hybridized carbons (Fsp3) is 0.375. The predicted molar refractivity (Wildman–Crippen MR) is 97.3 cm³/mol. The maximum Gasteiger partial charge on any atom is 0.286 e. The molecule has 0 aliphatic carbocycles. The lowest BCUT2D eigenvalue weighted by atomic mass is 10.2. The van der Waals surface area contributed by atoms with E-state index in [1.807, 2.05) is 12.1 Å². The molecule has 0 aromatic heterocycles. The monoisotopic (exact) mass is 370 g/mol. The molecule has 0 saturated carbocycles. The predicted octanol–water partition coefficient (Wildman–Crippen LogP) is 2.18. The summed E-state index contributed by atoms with van der Waals surface area (Å²) < 4.78 is 0. The van der Waals surface area contributed by atoms with E-state index in [0.717, 1.165) is 43.5 Å². The van der Waals surface area contributed by atoms with Crippen molar-refractivity contribution in [1.82, 2.24) is 4.90 Å². The number of nitrogens with zero attached hydrogens (tertiary/aromatic N) is 2. The minimum Gasteiger partial charge on any atom is -0.339 e. The number of likely N-dealkylation sites (N-methyl/N-ethyl adjacent to an activating group) is 1. The number of quaternary nitrogens is 1. The topological polar surface area (TPSA) is 37.1 Å². The van der Waals surface area contributed by atoms with Crippen LogP contribution in [0.1, 0.15) is 12.5 Å². The molecule has 1 saturated heterocycles. The Kier molecular flexibility index (Phi) is 5.31. The first-order valence-electron chi connectivity index (χ1n) is 7.63. The summed E-state index contributed by atoms with van der Waals surface area (Å²) in [6, 6.07) is 5.33. The molecule has 0 radical (unpaired) electrons. The highest BCUT2D eigenvalue weighted by atomic mass is 35.5. The minimum absolute atomic E-state index is 0.179. The number of amides is 1. The fourth-order valence-electron chi connectivity index (χ4n) is 2.65. The first kappa shape index (κ1) is 16.8. The van der Waals surface area contributed by atoms with Crippen molar-refractivity contribution >= 4 is 52.1 Å². The third-order valence-corrected chi connectivity index (χ3v) is 5.88. The molecule has 7 heteroatoms. The number of halogens is 2. The second-order valence-electron chi connectivity index (χ2n) is 5.57. The number of nitrogens with one attached hydrogen (secondary N) is 1. The van der Waals surface area contributed by atoms with E-state index in [1.54, 1.807) is 17.0 Å². The largest absolute Gasteiger partial charge is 0.339 e. The lowest BCUT2D eigenvalue weighted by Gasteiger charge is -2.32. The molecule has 122 valence electrons. The van der Waals surface area contributed by atoms with Gasteiger partial charge in [-0.25, -0.2) is 0 Å². The van der Waals surface area contributed by atoms with Gasteiger partial charge in [-0.1, -0.05) is 29.3 Å². The molecule has 4 nitrogen and oxygen atoms in total. The number of amidine groups is 1. The van der Waals surface area contributed by atoms with Crippen LogP contribution in [0.5, 0.6) is 0 Å². The maximum atomic E-state index is 12.1. The zero-order chi connectivity index (χ0) is 16.4. The van der Waals surface area contributed by atoms with Crippen LogP contribution in [0.3, 0.4) is 0 Å². The average molecular weight is 371 g/mol. The van der Waals surface area contributed by atoms with Crippen LogP contribution in [-0.4, -0.2) is 48.7 Å². The van der Waals surface area contributed by atoms with Crippen molar-refractivity contribution < 1.29 is 9.69 Å². The van der Waals surface area contributed by atoms with Crippen LogP contribution in [-0.2, 0) is 4.79 Å². The summed E-state index contributed by atoms with van der Waals surface area (Å²) in [5.74, 6) is -0.179. The van der Waals surface area contributed by atoms with Crippen LogP contribution < -0.4 is 4.90 Å². The number of rotatable bonds is 2. The van der Waals surface area contributed by atoms with Crippen molar-refractivity contribution in [3.8, 4) is 0 Å². The summed E-state index contributed by atoms with van der Waals surface area (Å²) in [5.41, 5.74) is 0.854.